The number of carboxylic acids is 1. The first-order valence-corrected chi connectivity index (χ1v) is 7.21. The lowest BCUT2D eigenvalue weighted by molar-refractivity contribution is -0.144. The van der Waals surface area contributed by atoms with E-state index in [0.717, 1.165) is 35.9 Å². The fourth-order valence-corrected chi connectivity index (χ4v) is 2.97. The van der Waals surface area contributed by atoms with Gasteiger partial charge in [0.1, 0.15) is 0 Å². The molecule has 21 heavy (non-hydrogen) atoms. The Morgan fingerprint density at radius 1 is 1.48 bits per heavy atom. The Morgan fingerprint density at radius 3 is 2.81 bits per heavy atom. The molecule has 1 unspecified atom stereocenters. The van der Waals surface area contributed by atoms with Gasteiger partial charge in [-0.15, -0.1) is 0 Å². The van der Waals surface area contributed by atoms with Crippen LogP contribution in [0.4, 0.5) is 11.4 Å². The number of rotatable bonds is 5. The Morgan fingerprint density at radius 2 is 2.19 bits per heavy atom. The standard InChI is InChI=1S/C16H19N3O2/c1-2-13(16(7-8-16)15(20)21)19-14-10-5-3-4-6-12(10)18-9-11(14)17/h3-6,9,13H,2,7-8,17H2,1H3,(H,18,19)(H,20,21). The number of anilines is 2. The summed E-state index contributed by atoms with van der Waals surface area (Å²) in [6.07, 6.45) is 3.80. The Kier molecular flexibility index (Phi) is 3.20. The number of aromatic nitrogens is 1. The normalized spacial score (nSPS) is 17.4. The molecule has 0 spiro atoms. The number of carbonyl (C=O) groups is 1. The van der Waals surface area contributed by atoms with E-state index in [0.29, 0.717) is 5.69 Å². The van der Waals surface area contributed by atoms with E-state index in [1.165, 1.54) is 0 Å². The van der Waals surface area contributed by atoms with Crippen LogP contribution in [-0.2, 0) is 4.79 Å². The zero-order valence-corrected chi connectivity index (χ0v) is 12.0. The van der Waals surface area contributed by atoms with Gasteiger partial charge >= 0.3 is 5.97 Å². The van der Waals surface area contributed by atoms with Gasteiger partial charge in [0.05, 0.1) is 28.5 Å². The minimum absolute atomic E-state index is 0.122. The van der Waals surface area contributed by atoms with E-state index in [2.05, 4.69) is 10.3 Å². The molecule has 1 aromatic heterocycles. The third-order valence-corrected chi connectivity index (χ3v) is 4.41. The largest absolute Gasteiger partial charge is 0.481 e. The molecule has 1 heterocycles. The maximum atomic E-state index is 11.5. The topological polar surface area (TPSA) is 88.2 Å². The van der Waals surface area contributed by atoms with Crippen molar-refractivity contribution in [2.45, 2.75) is 32.2 Å². The number of pyridine rings is 1. The lowest BCUT2D eigenvalue weighted by atomic mass is 9.93. The van der Waals surface area contributed by atoms with Gasteiger partial charge in [0.15, 0.2) is 0 Å². The number of hydrogen-bond donors (Lipinski definition) is 3. The lowest BCUT2D eigenvalue weighted by Gasteiger charge is -2.26. The van der Waals surface area contributed by atoms with Crippen molar-refractivity contribution in [3.05, 3.63) is 30.5 Å². The first kappa shape index (κ1) is 13.7. The number of para-hydroxylation sites is 1. The minimum Gasteiger partial charge on any atom is -0.481 e. The van der Waals surface area contributed by atoms with Crippen LogP contribution >= 0.6 is 0 Å². The number of nitrogens with one attached hydrogen (secondary N) is 1. The number of carboxylic acid groups (broad SMARTS) is 1. The molecule has 1 fully saturated rings. The molecule has 1 saturated carbocycles. The summed E-state index contributed by atoms with van der Waals surface area (Å²) in [5.74, 6) is -0.723. The summed E-state index contributed by atoms with van der Waals surface area (Å²) in [5.41, 5.74) is 7.60. The highest BCUT2D eigenvalue weighted by Gasteiger charge is 2.55. The molecule has 5 nitrogen and oxygen atoms in total. The van der Waals surface area contributed by atoms with Crippen LogP contribution in [0, 0.1) is 5.41 Å². The summed E-state index contributed by atoms with van der Waals surface area (Å²) in [5, 5.41) is 13.8. The van der Waals surface area contributed by atoms with Crippen LogP contribution in [0.2, 0.25) is 0 Å². The second-order valence-electron chi connectivity index (χ2n) is 5.67. The van der Waals surface area contributed by atoms with E-state index >= 15 is 0 Å². The third kappa shape index (κ3) is 2.18. The van der Waals surface area contributed by atoms with Crippen molar-refractivity contribution in [2.75, 3.05) is 11.1 Å². The molecule has 1 atom stereocenters. The van der Waals surface area contributed by atoms with Crippen LogP contribution in [0.3, 0.4) is 0 Å². The molecule has 1 aliphatic rings. The van der Waals surface area contributed by atoms with Crippen LogP contribution in [-0.4, -0.2) is 22.1 Å². The maximum absolute atomic E-state index is 11.5. The van der Waals surface area contributed by atoms with Crippen molar-refractivity contribution in [3.8, 4) is 0 Å². The molecule has 0 radical (unpaired) electrons. The van der Waals surface area contributed by atoms with Crippen molar-refractivity contribution in [3.63, 3.8) is 0 Å². The van der Waals surface area contributed by atoms with E-state index in [9.17, 15) is 9.90 Å². The lowest BCUT2D eigenvalue weighted by Crippen LogP contribution is -2.36. The van der Waals surface area contributed by atoms with Crippen LogP contribution in [0.1, 0.15) is 26.2 Å². The summed E-state index contributed by atoms with van der Waals surface area (Å²) in [6.45, 7) is 2.00. The molecular weight excluding hydrogens is 266 g/mol. The Bertz CT molecular complexity index is 695. The summed E-state index contributed by atoms with van der Waals surface area (Å²) in [6, 6.07) is 7.61. The molecule has 1 aromatic carbocycles. The number of fused-ring (bicyclic) bond motifs is 1. The zero-order chi connectivity index (χ0) is 15.0. The number of nitrogen functional groups attached to an aromatic ring is 1. The third-order valence-electron chi connectivity index (χ3n) is 4.41. The van der Waals surface area contributed by atoms with E-state index in [1.807, 2.05) is 31.2 Å². The van der Waals surface area contributed by atoms with Crippen LogP contribution in [0.15, 0.2) is 30.5 Å². The van der Waals surface area contributed by atoms with Crippen molar-refractivity contribution >= 4 is 28.2 Å². The van der Waals surface area contributed by atoms with Crippen LogP contribution in [0.25, 0.3) is 10.9 Å². The molecule has 0 bridgehead atoms. The van der Waals surface area contributed by atoms with Gasteiger partial charge < -0.3 is 16.2 Å². The van der Waals surface area contributed by atoms with E-state index < -0.39 is 11.4 Å². The second kappa shape index (κ2) is 4.91. The van der Waals surface area contributed by atoms with Gasteiger partial charge in [-0.3, -0.25) is 9.78 Å². The molecule has 0 aliphatic heterocycles. The summed E-state index contributed by atoms with van der Waals surface area (Å²) < 4.78 is 0. The fraction of sp³-hybridized carbons (Fsp3) is 0.375. The van der Waals surface area contributed by atoms with Crippen molar-refractivity contribution < 1.29 is 9.90 Å². The second-order valence-corrected chi connectivity index (χ2v) is 5.67. The Labute approximate surface area is 123 Å². The predicted molar refractivity (Wildman–Crippen MR) is 83.2 cm³/mol. The molecule has 110 valence electrons. The van der Waals surface area contributed by atoms with Gasteiger partial charge in [-0.25, -0.2) is 0 Å². The summed E-state index contributed by atoms with van der Waals surface area (Å²) in [4.78, 5) is 15.8. The number of benzene rings is 1. The van der Waals surface area contributed by atoms with Crippen LogP contribution < -0.4 is 11.1 Å². The highest BCUT2D eigenvalue weighted by Crippen LogP contribution is 2.51. The number of nitrogens with two attached hydrogens (primary N) is 1. The molecule has 0 saturated heterocycles. The molecule has 1 aliphatic carbocycles. The number of aliphatic carboxylic acids is 1. The molecule has 4 N–H and O–H groups in total. The average Bonchev–Trinajstić information content (AvgIpc) is 3.28. The molecule has 2 aromatic rings. The van der Waals surface area contributed by atoms with Gasteiger partial charge in [0.2, 0.25) is 0 Å². The van der Waals surface area contributed by atoms with E-state index in [4.69, 9.17) is 5.73 Å². The summed E-state index contributed by atoms with van der Waals surface area (Å²) in [7, 11) is 0. The van der Waals surface area contributed by atoms with Crippen molar-refractivity contribution in [2.24, 2.45) is 5.41 Å². The smallest absolute Gasteiger partial charge is 0.311 e. The fourth-order valence-electron chi connectivity index (χ4n) is 2.97. The predicted octanol–water partition coefficient (Wildman–Crippen LogP) is 2.87. The first-order valence-electron chi connectivity index (χ1n) is 7.21. The van der Waals surface area contributed by atoms with E-state index in [1.54, 1.807) is 6.20 Å². The molecule has 0 amide bonds. The minimum atomic E-state index is -0.723. The SMILES string of the molecule is CCC(Nc1c(N)cnc2ccccc12)C1(C(=O)O)CC1. The molecule has 3 rings (SSSR count). The Balaban J connectivity index is 2.01. The van der Waals surface area contributed by atoms with Gasteiger partial charge in [-0.2, -0.15) is 0 Å². The maximum Gasteiger partial charge on any atom is 0.311 e. The highest BCUT2D eigenvalue weighted by molar-refractivity contribution is 5.97. The van der Waals surface area contributed by atoms with Crippen LogP contribution in [0.5, 0.6) is 0 Å². The highest BCUT2D eigenvalue weighted by atomic mass is 16.4. The van der Waals surface area contributed by atoms with E-state index in [-0.39, 0.29) is 6.04 Å². The number of hydrogen-bond acceptors (Lipinski definition) is 4. The van der Waals surface area contributed by atoms with Gasteiger partial charge in [0.25, 0.3) is 0 Å². The summed E-state index contributed by atoms with van der Waals surface area (Å²) >= 11 is 0. The van der Waals surface area contributed by atoms with Gasteiger partial charge in [-0.1, -0.05) is 25.1 Å². The first-order chi connectivity index (χ1) is 10.1. The Hall–Kier alpha value is -2.30. The van der Waals surface area contributed by atoms with Gasteiger partial charge in [-0.05, 0) is 25.3 Å². The molecule has 5 heteroatoms. The van der Waals surface area contributed by atoms with Crippen molar-refractivity contribution in [1.29, 1.82) is 0 Å². The zero-order valence-electron chi connectivity index (χ0n) is 12.0. The quantitative estimate of drug-likeness (QED) is 0.786. The van der Waals surface area contributed by atoms with Gasteiger partial charge in [0, 0.05) is 11.4 Å². The average molecular weight is 285 g/mol. The molecular formula is C16H19N3O2. The van der Waals surface area contributed by atoms with Crippen molar-refractivity contribution in [1.82, 2.24) is 4.98 Å². The number of nitrogens with zero attached hydrogens (tertiary/aromatic N) is 1. The monoisotopic (exact) mass is 285 g/mol.